The highest BCUT2D eigenvalue weighted by molar-refractivity contribution is 14.0. The molecule has 1 unspecified atom stereocenters. The van der Waals surface area contributed by atoms with Crippen LogP contribution in [0.15, 0.2) is 10.5 Å². The fourth-order valence-corrected chi connectivity index (χ4v) is 3.35. The summed E-state index contributed by atoms with van der Waals surface area (Å²) in [5.41, 5.74) is 2.99. The molecule has 0 spiro atoms. The molecule has 5 nitrogen and oxygen atoms in total. The van der Waals surface area contributed by atoms with Crippen molar-refractivity contribution >= 4 is 41.3 Å². The van der Waals surface area contributed by atoms with Crippen LogP contribution < -0.4 is 10.6 Å². The van der Waals surface area contributed by atoms with Crippen molar-refractivity contribution in [3.8, 4) is 0 Å². The molecule has 1 aromatic heterocycles. The van der Waals surface area contributed by atoms with Crippen molar-refractivity contribution in [2.45, 2.75) is 39.3 Å². The van der Waals surface area contributed by atoms with Crippen LogP contribution in [0.25, 0.3) is 0 Å². The predicted octanol–water partition coefficient (Wildman–Crippen LogP) is 2.22. The molecule has 0 aliphatic carbocycles. The molecule has 0 saturated carbocycles. The van der Waals surface area contributed by atoms with E-state index in [0.717, 1.165) is 31.3 Å². The zero-order valence-electron chi connectivity index (χ0n) is 13.1. The van der Waals surface area contributed by atoms with Crippen molar-refractivity contribution in [1.82, 2.24) is 20.5 Å². The molecule has 1 fully saturated rings. The highest BCUT2D eigenvalue weighted by atomic mass is 127. The van der Waals surface area contributed by atoms with E-state index in [4.69, 9.17) is 0 Å². The first-order chi connectivity index (χ1) is 9.74. The summed E-state index contributed by atoms with van der Waals surface area (Å²) in [4.78, 5) is 12.4. The van der Waals surface area contributed by atoms with Crippen molar-refractivity contribution < 1.29 is 0 Å². The third-order valence-electron chi connectivity index (χ3n) is 3.90. The Morgan fingerprint density at radius 2 is 2.33 bits per heavy atom. The lowest BCUT2D eigenvalue weighted by Gasteiger charge is -2.23. The van der Waals surface area contributed by atoms with Gasteiger partial charge in [0, 0.05) is 24.5 Å². The van der Waals surface area contributed by atoms with E-state index in [1.54, 1.807) is 11.3 Å². The molecule has 1 aliphatic heterocycles. The van der Waals surface area contributed by atoms with Gasteiger partial charge in [-0.1, -0.05) is 6.92 Å². The second-order valence-electron chi connectivity index (χ2n) is 5.09. The van der Waals surface area contributed by atoms with Gasteiger partial charge in [-0.3, -0.25) is 9.89 Å². The fourth-order valence-electron chi connectivity index (χ4n) is 2.64. The van der Waals surface area contributed by atoms with Crippen LogP contribution >= 0.6 is 35.3 Å². The van der Waals surface area contributed by atoms with Gasteiger partial charge in [0.1, 0.15) is 0 Å². The second-order valence-corrected chi connectivity index (χ2v) is 6.03. The summed E-state index contributed by atoms with van der Waals surface area (Å²) in [6, 6.07) is 0.642. The number of thiazole rings is 1. The average molecular weight is 423 g/mol. The molecule has 21 heavy (non-hydrogen) atoms. The van der Waals surface area contributed by atoms with E-state index in [-0.39, 0.29) is 24.0 Å². The minimum absolute atomic E-state index is 0. The highest BCUT2D eigenvalue weighted by Gasteiger charge is 2.22. The third-order valence-corrected chi connectivity index (χ3v) is 4.83. The Kier molecular flexibility index (Phi) is 8.50. The number of nitrogens with one attached hydrogen (secondary N) is 2. The molecule has 0 radical (unpaired) electrons. The highest BCUT2D eigenvalue weighted by Crippen LogP contribution is 2.15. The van der Waals surface area contributed by atoms with Crippen molar-refractivity contribution in [3.63, 3.8) is 0 Å². The maximum Gasteiger partial charge on any atom is 0.191 e. The van der Waals surface area contributed by atoms with Crippen LogP contribution in [0.3, 0.4) is 0 Å². The third kappa shape index (κ3) is 5.37. The topological polar surface area (TPSA) is 52.5 Å². The van der Waals surface area contributed by atoms with Gasteiger partial charge < -0.3 is 10.6 Å². The number of rotatable bonds is 5. The number of aromatic nitrogens is 1. The number of aryl methyl sites for hydroxylation is 1. The van der Waals surface area contributed by atoms with Crippen LogP contribution in [0, 0.1) is 6.92 Å². The SMILES string of the molecule is CCN1CCCC1CNC(=NC)NCc1scnc1C.I. The monoisotopic (exact) mass is 423 g/mol. The molecule has 0 bridgehead atoms. The number of halogens is 1. The number of hydrogen-bond acceptors (Lipinski definition) is 4. The van der Waals surface area contributed by atoms with Crippen molar-refractivity contribution in [2.24, 2.45) is 4.99 Å². The molecule has 7 heteroatoms. The summed E-state index contributed by atoms with van der Waals surface area (Å²) in [7, 11) is 1.82. The van der Waals surface area contributed by atoms with Gasteiger partial charge >= 0.3 is 0 Å². The van der Waals surface area contributed by atoms with Crippen LogP contribution in [0.5, 0.6) is 0 Å². The number of likely N-dealkylation sites (tertiary alicyclic amines) is 1. The van der Waals surface area contributed by atoms with Gasteiger partial charge in [0.05, 0.1) is 17.7 Å². The molecule has 0 amide bonds. The molecular weight excluding hydrogens is 397 g/mol. The lowest BCUT2D eigenvalue weighted by Crippen LogP contribution is -2.44. The largest absolute Gasteiger partial charge is 0.355 e. The average Bonchev–Trinajstić information content (AvgIpc) is 3.08. The summed E-state index contributed by atoms with van der Waals surface area (Å²) in [5.74, 6) is 0.876. The number of aliphatic imine (C=N–C) groups is 1. The molecule has 2 N–H and O–H groups in total. The van der Waals surface area contributed by atoms with Gasteiger partial charge in [0.2, 0.25) is 0 Å². The Balaban J connectivity index is 0.00000220. The zero-order valence-corrected chi connectivity index (χ0v) is 16.2. The molecule has 1 aromatic rings. The van der Waals surface area contributed by atoms with Gasteiger partial charge in [-0.15, -0.1) is 35.3 Å². The predicted molar refractivity (Wildman–Crippen MR) is 101 cm³/mol. The summed E-state index contributed by atoms with van der Waals surface area (Å²) in [6.45, 7) is 8.40. The smallest absolute Gasteiger partial charge is 0.191 e. The van der Waals surface area contributed by atoms with E-state index in [0.29, 0.717) is 6.04 Å². The summed E-state index contributed by atoms with van der Waals surface area (Å²) < 4.78 is 0. The van der Waals surface area contributed by atoms with E-state index < -0.39 is 0 Å². The molecule has 1 aliphatic rings. The molecule has 1 saturated heterocycles. The lowest BCUT2D eigenvalue weighted by molar-refractivity contribution is 0.267. The normalized spacial score (nSPS) is 19.4. The minimum atomic E-state index is 0. The zero-order chi connectivity index (χ0) is 14.4. The van der Waals surface area contributed by atoms with Gasteiger partial charge in [0.25, 0.3) is 0 Å². The fraction of sp³-hybridized carbons (Fsp3) is 0.714. The Bertz CT molecular complexity index is 448. The summed E-state index contributed by atoms with van der Waals surface area (Å²) >= 11 is 1.68. The molecule has 2 heterocycles. The van der Waals surface area contributed by atoms with E-state index in [1.165, 1.54) is 24.3 Å². The standard InChI is InChI=1S/C14H25N5S.HI/c1-4-19-7-5-6-12(19)8-16-14(15-3)17-9-13-11(2)18-10-20-13;/h10,12H,4-9H2,1-3H3,(H2,15,16,17);1H. The maximum atomic E-state index is 4.29. The Morgan fingerprint density at radius 3 is 2.95 bits per heavy atom. The summed E-state index contributed by atoms with van der Waals surface area (Å²) in [6.07, 6.45) is 2.60. The molecule has 120 valence electrons. The van der Waals surface area contributed by atoms with Crippen LogP contribution in [-0.2, 0) is 6.54 Å². The first-order valence-corrected chi connectivity index (χ1v) is 8.20. The quantitative estimate of drug-likeness (QED) is 0.433. The molecule has 2 rings (SSSR count). The van der Waals surface area contributed by atoms with E-state index in [9.17, 15) is 0 Å². The van der Waals surface area contributed by atoms with Crippen LogP contribution in [0.4, 0.5) is 0 Å². The van der Waals surface area contributed by atoms with Gasteiger partial charge in [-0.05, 0) is 32.9 Å². The first-order valence-electron chi connectivity index (χ1n) is 7.32. The van der Waals surface area contributed by atoms with Crippen LogP contribution in [0.1, 0.15) is 30.3 Å². The van der Waals surface area contributed by atoms with E-state index >= 15 is 0 Å². The summed E-state index contributed by atoms with van der Waals surface area (Å²) in [5, 5.41) is 6.80. The maximum absolute atomic E-state index is 4.29. The van der Waals surface area contributed by atoms with Crippen molar-refractivity contribution in [3.05, 3.63) is 16.1 Å². The lowest BCUT2D eigenvalue weighted by atomic mass is 10.2. The van der Waals surface area contributed by atoms with Gasteiger partial charge in [0.15, 0.2) is 5.96 Å². The van der Waals surface area contributed by atoms with E-state index in [2.05, 4.69) is 32.4 Å². The second kappa shape index (κ2) is 9.58. The Labute approximate surface area is 148 Å². The van der Waals surface area contributed by atoms with Crippen molar-refractivity contribution in [1.29, 1.82) is 0 Å². The number of guanidine groups is 1. The van der Waals surface area contributed by atoms with Gasteiger partial charge in [-0.25, -0.2) is 4.98 Å². The number of likely N-dealkylation sites (N-methyl/N-ethyl adjacent to an activating group) is 1. The first kappa shape index (κ1) is 18.6. The molecule has 0 aromatic carbocycles. The van der Waals surface area contributed by atoms with E-state index in [1.807, 2.05) is 19.5 Å². The van der Waals surface area contributed by atoms with Crippen molar-refractivity contribution in [2.75, 3.05) is 26.7 Å². The number of hydrogen-bond donors (Lipinski definition) is 2. The van der Waals surface area contributed by atoms with Crippen LogP contribution in [0.2, 0.25) is 0 Å². The molecular formula is C14H26IN5S. The van der Waals surface area contributed by atoms with Gasteiger partial charge in [-0.2, -0.15) is 0 Å². The molecule has 1 atom stereocenters. The minimum Gasteiger partial charge on any atom is -0.355 e. The Hall–Kier alpha value is -0.410. The Morgan fingerprint density at radius 1 is 1.52 bits per heavy atom. The number of nitrogens with zero attached hydrogens (tertiary/aromatic N) is 3. The van der Waals surface area contributed by atoms with Crippen LogP contribution in [-0.4, -0.2) is 48.6 Å².